The molecule has 1 fully saturated rings. The number of nitrogens with one attached hydrogen (secondary N) is 1. The average molecular weight is 348 g/mol. The van der Waals surface area contributed by atoms with E-state index in [9.17, 15) is 13.2 Å². The van der Waals surface area contributed by atoms with Crippen molar-refractivity contribution in [3.63, 3.8) is 0 Å². The number of aromatic nitrogens is 1. The summed E-state index contributed by atoms with van der Waals surface area (Å²) in [5.74, 6) is 0. The summed E-state index contributed by atoms with van der Waals surface area (Å²) in [7, 11) is -3.83. The van der Waals surface area contributed by atoms with E-state index in [1.807, 2.05) is 0 Å². The highest BCUT2D eigenvalue weighted by atomic mass is 35.5. The van der Waals surface area contributed by atoms with Crippen LogP contribution in [0.5, 0.6) is 0 Å². The van der Waals surface area contributed by atoms with Crippen molar-refractivity contribution in [3.8, 4) is 0 Å². The highest BCUT2D eigenvalue weighted by Gasteiger charge is 2.28. The first-order valence-corrected chi connectivity index (χ1v) is 8.79. The van der Waals surface area contributed by atoms with Crippen LogP contribution in [0.1, 0.15) is 24.8 Å². The normalized spacial score (nSPS) is 19.2. The molecular weight excluding hydrogens is 330 g/mol. The van der Waals surface area contributed by atoms with Gasteiger partial charge in [-0.1, -0.05) is 11.6 Å². The monoisotopic (exact) mass is 347 g/mol. The average Bonchev–Trinajstić information content (AvgIpc) is 2.48. The van der Waals surface area contributed by atoms with Crippen molar-refractivity contribution in [3.05, 3.63) is 23.0 Å². The maximum Gasteiger partial charge on any atom is 0.407 e. The molecule has 0 bridgehead atoms. The van der Waals surface area contributed by atoms with E-state index in [1.165, 1.54) is 17.2 Å². The van der Waals surface area contributed by atoms with Gasteiger partial charge in [-0.05, 0) is 37.8 Å². The Bertz CT molecular complexity index is 665. The fraction of sp³-hybridized carbons (Fsp3) is 0.538. The van der Waals surface area contributed by atoms with Crippen LogP contribution in [0.3, 0.4) is 0 Å². The van der Waals surface area contributed by atoms with E-state index in [4.69, 9.17) is 16.7 Å². The summed E-state index contributed by atoms with van der Waals surface area (Å²) in [6, 6.07) is 1.07. The van der Waals surface area contributed by atoms with Gasteiger partial charge in [-0.15, -0.1) is 0 Å². The second-order valence-electron chi connectivity index (χ2n) is 5.28. The van der Waals surface area contributed by atoms with Crippen molar-refractivity contribution in [2.24, 2.45) is 0 Å². The number of piperidine rings is 1. The first kappa shape index (κ1) is 17.0. The largest absolute Gasteiger partial charge is 0.465 e. The lowest BCUT2D eigenvalue weighted by Crippen LogP contribution is -2.48. The van der Waals surface area contributed by atoms with Crippen molar-refractivity contribution in [2.75, 3.05) is 13.1 Å². The van der Waals surface area contributed by atoms with Crippen molar-refractivity contribution in [1.29, 1.82) is 0 Å². The number of pyridine rings is 1. The Morgan fingerprint density at radius 3 is 2.95 bits per heavy atom. The highest BCUT2D eigenvalue weighted by molar-refractivity contribution is 7.89. The van der Waals surface area contributed by atoms with Gasteiger partial charge in [0.05, 0.1) is 0 Å². The second-order valence-corrected chi connectivity index (χ2v) is 7.37. The van der Waals surface area contributed by atoms with Gasteiger partial charge in [-0.2, -0.15) is 0 Å². The number of hydrogen-bond acceptors (Lipinski definition) is 4. The van der Waals surface area contributed by atoms with E-state index in [-0.39, 0.29) is 22.6 Å². The van der Waals surface area contributed by atoms with Crippen molar-refractivity contribution < 1.29 is 18.3 Å². The van der Waals surface area contributed by atoms with E-state index in [0.717, 1.165) is 12.8 Å². The lowest BCUT2D eigenvalue weighted by molar-refractivity contribution is 0.108. The van der Waals surface area contributed by atoms with Crippen molar-refractivity contribution in [2.45, 2.75) is 37.1 Å². The van der Waals surface area contributed by atoms with Gasteiger partial charge in [-0.3, -0.25) is 0 Å². The van der Waals surface area contributed by atoms with Crippen molar-refractivity contribution >= 4 is 27.7 Å². The Balaban J connectivity index is 2.12. The summed E-state index contributed by atoms with van der Waals surface area (Å²) in [6.45, 7) is 2.17. The fourth-order valence-electron chi connectivity index (χ4n) is 2.46. The Morgan fingerprint density at radius 2 is 2.27 bits per heavy atom. The molecule has 0 radical (unpaired) electrons. The number of rotatable bonds is 4. The predicted molar refractivity (Wildman–Crippen MR) is 81.5 cm³/mol. The molecule has 22 heavy (non-hydrogen) atoms. The highest BCUT2D eigenvalue weighted by Crippen LogP contribution is 2.21. The standard InChI is InChI=1S/C13H18ClN3O4S/c1-9-6-11(12(14)15-7-9)22(20,21)16-8-10-4-2-3-5-17(10)13(18)19/h6-7,10,16H,2-5,8H2,1H3,(H,18,19). The number of amides is 1. The SMILES string of the molecule is Cc1cnc(Cl)c(S(=O)(=O)NCC2CCCCN2C(=O)O)c1. The summed E-state index contributed by atoms with van der Waals surface area (Å²) in [6.07, 6.45) is 2.76. The number of carbonyl (C=O) groups is 1. The summed E-state index contributed by atoms with van der Waals surface area (Å²) < 4.78 is 27.1. The molecule has 1 unspecified atom stereocenters. The molecule has 0 spiro atoms. The maximum absolute atomic E-state index is 12.3. The predicted octanol–water partition coefficient (Wildman–Crippen LogP) is 1.85. The van der Waals surface area contributed by atoms with Gasteiger partial charge in [0.15, 0.2) is 0 Å². The van der Waals surface area contributed by atoms with E-state index in [0.29, 0.717) is 18.5 Å². The molecule has 1 aromatic rings. The van der Waals surface area contributed by atoms with Gasteiger partial charge >= 0.3 is 6.09 Å². The smallest absolute Gasteiger partial charge is 0.407 e. The van der Waals surface area contributed by atoms with Gasteiger partial charge in [-0.25, -0.2) is 22.9 Å². The molecule has 7 nitrogen and oxygen atoms in total. The van der Waals surface area contributed by atoms with Crippen LogP contribution in [0, 0.1) is 6.92 Å². The molecule has 122 valence electrons. The van der Waals surface area contributed by atoms with E-state index < -0.39 is 16.1 Å². The van der Waals surface area contributed by atoms with E-state index in [2.05, 4.69) is 9.71 Å². The van der Waals surface area contributed by atoms with Crippen LogP contribution in [0.25, 0.3) is 0 Å². The summed E-state index contributed by atoms with van der Waals surface area (Å²) in [4.78, 5) is 16.2. The minimum atomic E-state index is -3.83. The molecule has 1 aliphatic heterocycles. The van der Waals surface area contributed by atoms with Crippen LogP contribution in [-0.4, -0.2) is 48.6 Å². The Labute approximate surface area is 134 Å². The Hall–Kier alpha value is -1.38. The quantitative estimate of drug-likeness (QED) is 0.810. The molecular formula is C13H18ClN3O4S. The number of hydrogen-bond donors (Lipinski definition) is 2. The van der Waals surface area contributed by atoms with Crippen LogP contribution in [0.15, 0.2) is 17.2 Å². The van der Waals surface area contributed by atoms with Crippen LogP contribution in [0.4, 0.5) is 4.79 Å². The van der Waals surface area contributed by atoms with Gasteiger partial charge < -0.3 is 10.0 Å². The first-order chi connectivity index (χ1) is 10.3. The number of likely N-dealkylation sites (tertiary alicyclic amines) is 1. The molecule has 1 saturated heterocycles. The number of carboxylic acid groups (broad SMARTS) is 1. The molecule has 9 heteroatoms. The van der Waals surface area contributed by atoms with Crippen LogP contribution in [-0.2, 0) is 10.0 Å². The second kappa shape index (κ2) is 6.80. The molecule has 1 aliphatic rings. The van der Waals surface area contributed by atoms with Crippen LogP contribution < -0.4 is 4.72 Å². The van der Waals surface area contributed by atoms with Gasteiger partial charge in [0.25, 0.3) is 0 Å². The van der Waals surface area contributed by atoms with E-state index in [1.54, 1.807) is 6.92 Å². The lowest BCUT2D eigenvalue weighted by atomic mass is 10.0. The molecule has 0 saturated carbocycles. The number of sulfonamides is 1. The molecule has 1 amide bonds. The third kappa shape index (κ3) is 3.88. The zero-order valence-corrected chi connectivity index (χ0v) is 13.7. The molecule has 1 aromatic heterocycles. The summed E-state index contributed by atoms with van der Waals surface area (Å²) in [5, 5.41) is 9.05. The van der Waals surface area contributed by atoms with Gasteiger partial charge in [0.1, 0.15) is 10.0 Å². The van der Waals surface area contributed by atoms with E-state index >= 15 is 0 Å². The molecule has 2 heterocycles. The maximum atomic E-state index is 12.3. The molecule has 1 atom stereocenters. The lowest BCUT2D eigenvalue weighted by Gasteiger charge is -2.33. The minimum absolute atomic E-state index is 0.0267. The van der Waals surface area contributed by atoms with Crippen molar-refractivity contribution in [1.82, 2.24) is 14.6 Å². The zero-order chi connectivity index (χ0) is 16.3. The number of halogens is 1. The molecule has 0 aliphatic carbocycles. The Morgan fingerprint density at radius 1 is 1.55 bits per heavy atom. The number of nitrogens with zero attached hydrogens (tertiary/aromatic N) is 2. The molecule has 2 N–H and O–H groups in total. The minimum Gasteiger partial charge on any atom is -0.465 e. The third-order valence-corrected chi connectivity index (χ3v) is 5.47. The molecule has 0 aromatic carbocycles. The zero-order valence-electron chi connectivity index (χ0n) is 12.1. The van der Waals surface area contributed by atoms with Crippen LogP contribution in [0.2, 0.25) is 5.15 Å². The summed E-state index contributed by atoms with van der Waals surface area (Å²) >= 11 is 5.85. The molecule has 2 rings (SSSR count). The Kier molecular flexibility index (Phi) is 5.25. The fourth-order valence-corrected chi connectivity index (χ4v) is 4.05. The first-order valence-electron chi connectivity index (χ1n) is 6.92. The third-order valence-electron chi connectivity index (χ3n) is 3.61. The van der Waals surface area contributed by atoms with Gasteiger partial charge in [0.2, 0.25) is 10.0 Å². The topological polar surface area (TPSA) is 99.6 Å². The summed E-state index contributed by atoms with van der Waals surface area (Å²) in [5.41, 5.74) is 0.676. The van der Waals surface area contributed by atoms with Gasteiger partial charge in [0, 0.05) is 25.3 Å². The number of aryl methyl sites for hydroxylation is 1. The van der Waals surface area contributed by atoms with Crippen LogP contribution >= 0.6 is 11.6 Å².